The third kappa shape index (κ3) is 4.23. The largest absolute Gasteiger partial charge is 0.368 e. The molecule has 142 valence electrons. The molecule has 1 amide bonds. The van der Waals surface area contributed by atoms with Crippen LogP contribution < -0.4 is 10.2 Å². The minimum absolute atomic E-state index is 0.0884. The average molecular weight is 394 g/mol. The second-order valence-electron chi connectivity index (χ2n) is 6.54. The van der Waals surface area contributed by atoms with Crippen LogP contribution in [0, 0.1) is 0 Å². The van der Waals surface area contributed by atoms with E-state index >= 15 is 0 Å². The van der Waals surface area contributed by atoms with E-state index in [0.29, 0.717) is 29.6 Å². The molecular formula is C21H20ClN5O. The Balaban J connectivity index is 1.36. The highest BCUT2D eigenvalue weighted by Crippen LogP contribution is 2.19. The van der Waals surface area contributed by atoms with Crippen molar-refractivity contribution in [2.75, 3.05) is 36.4 Å². The van der Waals surface area contributed by atoms with Gasteiger partial charge in [0.05, 0.1) is 12.4 Å². The van der Waals surface area contributed by atoms with Crippen LogP contribution in [-0.2, 0) is 0 Å². The summed E-state index contributed by atoms with van der Waals surface area (Å²) >= 11 is 5.98. The number of para-hydroxylation sites is 1. The molecule has 28 heavy (non-hydrogen) atoms. The zero-order chi connectivity index (χ0) is 19.3. The number of benzene rings is 2. The molecule has 2 aromatic carbocycles. The topological polar surface area (TPSA) is 61.4 Å². The van der Waals surface area contributed by atoms with Crippen LogP contribution in [-0.4, -0.2) is 47.0 Å². The smallest absolute Gasteiger partial charge is 0.274 e. The second kappa shape index (κ2) is 8.27. The summed E-state index contributed by atoms with van der Waals surface area (Å²) in [6.07, 6.45) is 3.08. The van der Waals surface area contributed by atoms with Gasteiger partial charge in [0.1, 0.15) is 11.5 Å². The molecule has 1 aromatic heterocycles. The number of aromatic nitrogens is 2. The fourth-order valence-corrected chi connectivity index (χ4v) is 3.38. The molecule has 0 unspecified atom stereocenters. The van der Waals surface area contributed by atoms with Gasteiger partial charge in [-0.1, -0.05) is 35.9 Å². The number of hydrogen-bond donors (Lipinski definition) is 1. The summed E-state index contributed by atoms with van der Waals surface area (Å²) in [6.45, 7) is 2.94. The Hall–Kier alpha value is -3.12. The van der Waals surface area contributed by atoms with E-state index in [9.17, 15) is 4.79 Å². The standard InChI is InChI=1S/C21H20ClN5O/c22-16-5-4-6-17(13-16)25-20-15-23-19(14-24-20)21(28)27-11-9-26(10-12-27)18-7-2-1-3-8-18/h1-8,13-15H,9-12H2,(H,24,25). The van der Waals surface area contributed by atoms with E-state index in [4.69, 9.17) is 11.6 Å². The maximum absolute atomic E-state index is 12.7. The summed E-state index contributed by atoms with van der Waals surface area (Å²) in [5.41, 5.74) is 2.36. The number of anilines is 3. The lowest BCUT2D eigenvalue weighted by atomic mass is 10.2. The van der Waals surface area contributed by atoms with Crippen LogP contribution in [0.2, 0.25) is 5.02 Å². The van der Waals surface area contributed by atoms with Crippen molar-refractivity contribution in [2.45, 2.75) is 0 Å². The van der Waals surface area contributed by atoms with Crippen molar-refractivity contribution >= 4 is 34.7 Å². The van der Waals surface area contributed by atoms with E-state index in [-0.39, 0.29) is 5.91 Å². The molecule has 6 nitrogen and oxygen atoms in total. The lowest BCUT2D eigenvalue weighted by Gasteiger charge is -2.35. The Morgan fingerprint density at radius 3 is 2.39 bits per heavy atom. The molecular weight excluding hydrogens is 374 g/mol. The van der Waals surface area contributed by atoms with Gasteiger partial charge in [0.25, 0.3) is 5.91 Å². The van der Waals surface area contributed by atoms with Gasteiger partial charge in [-0.05, 0) is 30.3 Å². The summed E-state index contributed by atoms with van der Waals surface area (Å²) < 4.78 is 0. The van der Waals surface area contributed by atoms with Gasteiger partial charge in [0.15, 0.2) is 0 Å². The van der Waals surface area contributed by atoms with Gasteiger partial charge in [-0.2, -0.15) is 0 Å². The van der Waals surface area contributed by atoms with Crippen molar-refractivity contribution in [1.29, 1.82) is 0 Å². The molecule has 1 aliphatic heterocycles. The number of nitrogens with one attached hydrogen (secondary N) is 1. The lowest BCUT2D eigenvalue weighted by molar-refractivity contribution is 0.0740. The van der Waals surface area contributed by atoms with Gasteiger partial charge in [-0.15, -0.1) is 0 Å². The van der Waals surface area contributed by atoms with Crippen LogP contribution in [0.25, 0.3) is 0 Å². The number of carbonyl (C=O) groups is 1. The summed E-state index contributed by atoms with van der Waals surface area (Å²) in [6, 6.07) is 17.6. The Kier molecular flexibility index (Phi) is 5.39. The van der Waals surface area contributed by atoms with Gasteiger partial charge in [0.2, 0.25) is 0 Å². The first kappa shape index (κ1) is 18.3. The first-order chi connectivity index (χ1) is 13.7. The highest BCUT2D eigenvalue weighted by molar-refractivity contribution is 6.30. The number of carbonyl (C=O) groups excluding carboxylic acids is 1. The summed E-state index contributed by atoms with van der Waals surface area (Å²) in [7, 11) is 0. The second-order valence-corrected chi connectivity index (χ2v) is 6.97. The SMILES string of the molecule is O=C(c1cnc(Nc2cccc(Cl)c2)cn1)N1CCN(c2ccccc2)CC1. The third-order valence-corrected chi connectivity index (χ3v) is 4.89. The Bertz CT molecular complexity index is 941. The van der Waals surface area contributed by atoms with Gasteiger partial charge < -0.3 is 15.1 Å². The Labute approximate surface area is 168 Å². The first-order valence-corrected chi connectivity index (χ1v) is 9.51. The minimum atomic E-state index is -0.0884. The molecule has 4 rings (SSSR count). The number of hydrogen-bond acceptors (Lipinski definition) is 5. The van der Waals surface area contributed by atoms with E-state index in [1.165, 1.54) is 11.9 Å². The fourth-order valence-electron chi connectivity index (χ4n) is 3.19. The van der Waals surface area contributed by atoms with E-state index in [2.05, 4.69) is 32.3 Å². The molecule has 0 radical (unpaired) electrons. The number of piperazine rings is 1. The predicted octanol–water partition coefficient (Wildman–Crippen LogP) is 3.84. The molecule has 7 heteroatoms. The Morgan fingerprint density at radius 2 is 1.71 bits per heavy atom. The number of rotatable bonds is 4. The molecule has 1 fully saturated rings. The van der Waals surface area contributed by atoms with Gasteiger partial charge in [-0.25, -0.2) is 9.97 Å². The first-order valence-electron chi connectivity index (χ1n) is 9.13. The maximum atomic E-state index is 12.7. The van der Waals surface area contributed by atoms with Gasteiger partial charge >= 0.3 is 0 Å². The quantitative estimate of drug-likeness (QED) is 0.729. The van der Waals surface area contributed by atoms with E-state index < -0.39 is 0 Å². The van der Waals surface area contributed by atoms with Crippen molar-refractivity contribution in [2.24, 2.45) is 0 Å². The zero-order valence-electron chi connectivity index (χ0n) is 15.3. The Morgan fingerprint density at radius 1 is 0.929 bits per heavy atom. The molecule has 0 aliphatic carbocycles. The highest BCUT2D eigenvalue weighted by Gasteiger charge is 2.23. The van der Waals surface area contributed by atoms with E-state index in [1.807, 2.05) is 35.2 Å². The minimum Gasteiger partial charge on any atom is -0.368 e. The van der Waals surface area contributed by atoms with Crippen molar-refractivity contribution in [3.05, 3.63) is 77.7 Å². The molecule has 1 aliphatic rings. The zero-order valence-corrected chi connectivity index (χ0v) is 16.0. The molecule has 3 aromatic rings. The van der Waals surface area contributed by atoms with E-state index in [0.717, 1.165) is 18.8 Å². The van der Waals surface area contributed by atoms with Crippen molar-refractivity contribution in [3.8, 4) is 0 Å². The fraction of sp³-hybridized carbons (Fsp3) is 0.190. The summed E-state index contributed by atoms with van der Waals surface area (Å²) in [5.74, 6) is 0.474. The molecule has 0 atom stereocenters. The average Bonchev–Trinajstić information content (AvgIpc) is 2.75. The summed E-state index contributed by atoms with van der Waals surface area (Å²) in [4.78, 5) is 25.4. The van der Waals surface area contributed by atoms with Crippen LogP contribution >= 0.6 is 11.6 Å². The maximum Gasteiger partial charge on any atom is 0.274 e. The number of nitrogens with zero attached hydrogens (tertiary/aromatic N) is 4. The van der Waals surface area contributed by atoms with Crippen LogP contribution in [0.1, 0.15) is 10.5 Å². The molecule has 0 bridgehead atoms. The van der Waals surface area contributed by atoms with Gasteiger partial charge in [-0.3, -0.25) is 4.79 Å². The molecule has 0 spiro atoms. The molecule has 2 heterocycles. The highest BCUT2D eigenvalue weighted by atomic mass is 35.5. The third-order valence-electron chi connectivity index (χ3n) is 4.66. The normalized spacial score (nSPS) is 14.0. The van der Waals surface area contributed by atoms with Crippen molar-refractivity contribution < 1.29 is 4.79 Å². The van der Waals surface area contributed by atoms with Crippen LogP contribution in [0.15, 0.2) is 67.0 Å². The van der Waals surface area contributed by atoms with Crippen molar-refractivity contribution in [1.82, 2.24) is 14.9 Å². The molecule has 1 N–H and O–H groups in total. The number of amides is 1. The number of halogens is 1. The molecule has 0 saturated carbocycles. The summed E-state index contributed by atoms with van der Waals surface area (Å²) in [5, 5.41) is 3.76. The van der Waals surface area contributed by atoms with Crippen LogP contribution in [0.4, 0.5) is 17.2 Å². The predicted molar refractivity (Wildman–Crippen MR) is 111 cm³/mol. The van der Waals surface area contributed by atoms with Crippen LogP contribution in [0.5, 0.6) is 0 Å². The molecule has 1 saturated heterocycles. The van der Waals surface area contributed by atoms with Crippen LogP contribution in [0.3, 0.4) is 0 Å². The van der Waals surface area contributed by atoms with Gasteiger partial charge in [0, 0.05) is 42.6 Å². The monoisotopic (exact) mass is 393 g/mol. The van der Waals surface area contributed by atoms with E-state index in [1.54, 1.807) is 18.3 Å². The lowest BCUT2D eigenvalue weighted by Crippen LogP contribution is -2.49. The van der Waals surface area contributed by atoms with Crippen molar-refractivity contribution in [3.63, 3.8) is 0 Å².